The summed E-state index contributed by atoms with van der Waals surface area (Å²) in [6, 6.07) is 12.4. The number of hydrogen-bond acceptors (Lipinski definition) is 3. The van der Waals surface area contributed by atoms with Gasteiger partial charge in [0, 0.05) is 38.5 Å². The molecule has 0 radical (unpaired) electrons. The molecule has 1 aliphatic rings. The first-order valence-electron chi connectivity index (χ1n) is 7.47. The molecule has 1 aliphatic heterocycles. The SMILES string of the molecule is CN(C)C(=O)C1CCN(c2ccc3ccccc3n2)CC1. The van der Waals surface area contributed by atoms with Gasteiger partial charge in [-0.1, -0.05) is 18.2 Å². The molecule has 0 bridgehead atoms. The molecule has 1 aromatic heterocycles. The number of carbonyl (C=O) groups is 1. The van der Waals surface area contributed by atoms with E-state index < -0.39 is 0 Å². The van der Waals surface area contributed by atoms with Crippen molar-refractivity contribution >= 4 is 22.6 Å². The van der Waals surface area contributed by atoms with Gasteiger partial charge >= 0.3 is 0 Å². The number of para-hydroxylation sites is 1. The molecule has 0 aliphatic carbocycles. The van der Waals surface area contributed by atoms with Crippen molar-refractivity contribution < 1.29 is 4.79 Å². The van der Waals surface area contributed by atoms with E-state index >= 15 is 0 Å². The largest absolute Gasteiger partial charge is 0.357 e. The molecule has 110 valence electrons. The van der Waals surface area contributed by atoms with E-state index in [1.807, 2.05) is 32.3 Å². The number of benzene rings is 1. The van der Waals surface area contributed by atoms with Crippen LogP contribution in [0.15, 0.2) is 36.4 Å². The van der Waals surface area contributed by atoms with Crippen molar-refractivity contribution in [3.8, 4) is 0 Å². The van der Waals surface area contributed by atoms with Crippen molar-refractivity contribution in [2.75, 3.05) is 32.1 Å². The van der Waals surface area contributed by atoms with Crippen LogP contribution in [-0.4, -0.2) is 43.0 Å². The fourth-order valence-corrected chi connectivity index (χ4v) is 2.95. The Hall–Kier alpha value is -2.10. The molecule has 0 N–H and O–H groups in total. The Labute approximate surface area is 125 Å². The number of amides is 1. The van der Waals surface area contributed by atoms with E-state index in [9.17, 15) is 4.79 Å². The second-order valence-electron chi connectivity index (χ2n) is 5.86. The molecule has 1 amide bonds. The minimum atomic E-state index is 0.164. The van der Waals surface area contributed by atoms with Gasteiger partial charge in [-0.05, 0) is 31.0 Å². The van der Waals surface area contributed by atoms with Crippen molar-refractivity contribution in [1.82, 2.24) is 9.88 Å². The minimum Gasteiger partial charge on any atom is -0.357 e. The van der Waals surface area contributed by atoms with Crippen LogP contribution in [0.2, 0.25) is 0 Å². The standard InChI is InChI=1S/C17H21N3O/c1-19(2)17(21)14-9-11-20(12-10-14)16-8-7-13-5-3-4-6-15(13)18-16/h3-8,14H,9-12H2,1-2H3. The zero-order valence-electron chi connectivity index (χ0n) is 12.6. The fourth-order valence-electron chi connectivity index (χ4n) is 2.95. The van der Waals surface area contributed by atoms with Crippen LogP contribution >= 0.6 is 0 Å². The van der Waals surface area contributed by atoms with Crippen LogP contribution in [0.4, 0.5) is 5.82 Å². The van der Waals surface area contributed by atoms with Crippen LogP contribution in [0.5, 0.6) is 0 Å². The molecule has 4 nitrogen and oxygen atoms in total. The molecule has 0 saturated carbocycles. The summed E-state index contributed by atoms with van der Waals surface area (Å²) in [5, 5.41) is 1.17. The number of carbonyl (C=O) groups excluding carboxylic acids is 1. The topological polar surface area (TPSA) is 36.4 Å². The third-order valence-corrected chi connectivity index (χ3v) is 4.19. The second-order valence-corrected chi connectivity index (χ2v) is 5.86. The summed E-state index contributed by atoms with van der Waals surface area (Å²) in [6.07, 6.45) is 1.82. The number of anilines is 1. The summed E-state index contributed by atoms with van der Waals surface area (Å²) < 4.78 is 0. The molecular formula is C17H21N3O. The third kappa shape index (κ3) is 2.84. The third-order valence-electron chi connectivity index (χ3n) is 4.19. The van der Waals surface area contributed by atoms with E-state index in [0.717, 1.165) is 37.3 Å². The summed E-state index contributed by atoms with van der Waals surface area (Å²) in [6.45, 7) is 1.80. The molecule has 1 aromatic carbocycles. The van der Waals surface area contributed by atoms with E-state index in [2.05, 4.69) is 23.1 Å². The van der Waals surface area contributed by atoms with E-state index in [1.165, 1.54) is 5.39 Å². The van der Waals surface area contributed by atoms with Crippen LogP contribution in [0, 0.1) is 5.92 Å². The lowest BCUT2D eigenvalue weighted by Gasteiger charge is -2.33. The maximum atomic E-state index is 12.0. The molecule has 21 heavy (non-hydrogen) atoms. The lowest BCUT2D eigenvalue weighted by molar-refractivity contribution is -0.133. The predicted octanol–water partition coefficient (Wildman–Crippen LogP) is 2.54. The van der Waals surface area contributed by atoms with Gasteiger partial charge in [-0.25, -0.2) is 4.98 Å². The highest BCUT2D eigenvalue weighted by Crippen LogP contribution is 2.24. The number of nitrogens with zero attached hydrogens (tertiary/aromatic N) is 3. The molecular weight excluding hydrogens is 262 g/mol. The molecule has 2 aromatic rings. The van der Waals surface area contributed by atoms with Gasteiger partial charge < -0.3 is 9.80 Å². The van der Waals surface area contributed by atoms with Crippen LogP contribution in [-0.2, 0) is 4.79 Å². The van der Waals surface area contributed by atoms with Crippen molar-refractivity contribution in [3.63, 3.8) is 0 Å². The van der Waals surface area contributed by atoms with Crippen LogP contribution in [0.1, 0.15) is 12.8 Å². The van der Waals surface area contributed by atoms with Gasteiger partial charge in [0.05, 0.1) is 5.52 Å². The van der Waals surface area contributed by atoms with Gasteiger partial charge in [-0.2, -0.15) is 0 Å². The number of hydrogen-bond donors (Lipinski definition) is 0. The maximum absolute atomic E-state index is 12.0. The Bertz CT molecular complexity index is 645. The average molecular weight is 283 g/mol. The number of fused-ring (bicyclic) bond motifs is 1. The van der Waals surface area contributed by atoms with Crippen LogP contribution in [0.25, 0.3) is 10.9 Å². The second kappa shape index (κ2) is 5.72. The highest BCUT2D eigenvalue weighted by molar-refractivity contribution is 5.80. The quantitative estimate of drug-likeness (QED) is 0.850. The monoisotopic (exact) mass is 283 g/mol. The van der Waals surface area contributed by atoms with E-state index in [0.29, 0.717) is 0 Å². The van der Waals surface area contributed by atoms with Gasteiger partial charge in [0.25, 0.3) is 0 Å². The molecule has 1 fully saturated rings. The lowest BCUT2D eigenvalue weighted by atomic mass is 9.95. The summed E-state index contributed by atoms with van der Waals surface area (Å²) in [5.41, 5.74) is 1.03. The summed E-state index contributed by atoms with van der Waals surface area (Å²) in [4.78, 5) is 20.7. The van der Waals surface area contributed by atoms with Crippen molar-refractivity contribution in [2.24, 2.45) is 5.92 Å². The predicted molar refractivity (Wildman–Crippen MR) is 85.4 cm³/mol. The minimum absolute atomic E-state index is 0.164. The van der Waals surface area contributed by atoms with Crippen molar-refractivity contribution in [1.29, 1.82) is 0 Å². The first kappa shape index (κ1) is 13.9. The van der Waals surface area contributed by atoms with E-state index in [1.54, 1.807) is 4.90 Å². The average Bonchev–Trinajstić information content (AvgIpc) is 2.54. The number of rotatable bonds is 2. The zero-order chi connectivity index (χ0) is 14.8. The lowest BCUT2D eigenvalue weighted by Crippen LogP contribution is -2.40. The smallest absolute Gasteiger partial charge is 0.225 e. The Balaban J connectivity index is 1.72. The fraction of sp³-hybridized carbons (Fsp3) is 0.412. The summed E-state index contributed by atoms with van der Waals surface area (Å²) in [7, 11) is 3.67. The first-order chi connectivity index (χ1) is 10.1. The first-order valence-corrected chi connectivity index (χ1v) is 7.47. The van der Waals surface area contributed by atoms with Gasteiger partial charge in [-0.3, -0.25) is 4.79 Å². The molecule has 3 rings (SSSR count). The van der Waals surface area contributed by atoms with Gasteiger partial charge in [0.15, 0.2) is 0 Å². The van der Waals surface area contributed by atoms with E-state index in [4.69, 9.17) is 4.98 Å². The van der Waals surface area contributed by atoms with Crippen molar-refractivity contribution in [3.05, 3.63) is 36.4 Å². The molecule has 0 spiro atoms. The van der Waals surface area contributed by atoms with Gasteiger partial charge in [0.1, 0.15) is 5.82 Å². The molecule has 0 unspecified atom stereocenters. The Morgan fingerprint density at radius 2 is 1.86 bits per heavy atom. The molecule has 2 heterocycles. The molecule has 4 heteroatoms. The highest BCUT2D eigenvalue weighted by atomic mass is 16.2. The highest BCUT2D eigenvalue weighted by Gasteiger charge is 2.26. The Kier molecular flexibility index (Phi) is 3.78. The number of aromatic nitrogens is 1. The summed E-state index contributed by atoms with van der Waals surface area (Å²) >= 11 is 0. The molecule has 1 saturated heterocycles. The summed E-state index contributed by atoms with van der Waals surface area (Å²) in [5.74, 6) is 1.43. The number of piperidine rings is 1. The maximum Gasteiger partial charge on any atom is 0.225 e. The Morgan fingerprint density at radius 3 is 2.57 bits per heavy atom. The Morgan fingerprint density at radius 1 is 1.14 bits per heavy atom. The zero-order valence-corrected chi connectivity index (χ0v) is 12.6. The van der Waals surface area contributed by atoms with Crippen molar-refractivity contribution in [2.45, 2.75) is 12.8 Å². The van der Waals surface area contributed by atoms with Gasteiger partial charge in [-0.15, -0.1) is 0 Å². The normalized spacial score (nSPS) is 16.2. The van der Waals surface area contributed by atoms with Crippen LogP contribution < -0.4 is 4.90 Å². The van der Waals surface area contributed by atoms with E-state index in [-0.39, 0.29) is 11.8 Å². The number of pyridine rings is 1. The van der Waals surface area contributed by atoms with Crippen LogP contribution in [0.3, 0.4) is 0 Å². The van der Waals surface area contributed by atoms with Gasteiger partial charge in [0.2, 0.25) is 5.91 Å². The molecule has 0 atom stereocenters.